The minimum Gasteiger partial charge on any atom is -0.334 e. The van der Waals surface area contributed by atoms with E-state index in [9.17, 15) is 13.2 Å². The smallest absolute Gasteiger partial charge is 0.261 e. The fraction of sp³-hybridized carbons (Fsp3) is 0.385. The van der Waals surface area contributed by atoms with Crippen LogP contribution in [0.2, 0.25) is 0 Å². The zero-order chi connectivity index (χ0) is 14.3. The van der Waals surface area contributed by atoms with Crippen molar-refractivity contribution >= 4 is 0 Å². The van der Waals surface area contributed by atoms with E-state index < -0.39 is 23.0 Å². The highest BCUT2D eigenvalue weighted by Crippen LogP contribution is 2.35. The molecule has 1 aliphatic rings. The van der Waals surface area contributed by atoms with Gasteiger partial charge in [0.15, 0.2) is 23.3 Å². The molecule has 0 spiro atoms. The van der Waals surface area contributed by atoms with Gasteiger partial charge in [-0.3, -0.25) is 0 Å². The number of rotatable bonds is 2. The van der Waals surface area contributed by atoms with Gasteiger partial charge in [0.05, 0.1) is 11.1 Å². The Morgan fingerprint density at radius 3 is 2.50 bits per heavy atom. The molecule has 1 saturated carbocycles. The third-order valence-electron chi connectivity index (χ3n) is 3.63. The highest BCUT2D eigenvalue weighted by molar-refractivity contribution is 5.54. The van der Waals surface area contributed by atoms with Crippen molar-refractivity contribution in [2.24, 2.45) is 5.73 Å². The number of nitrogens with zero attached hydrogens (tertiary/aromatic N) is 2. The second kappa shape index (κ2) is 4.59. The summed E-state index contributed by atoms with van der Waals surface area (Å²) in [4.78, 5) is 4.03. The Morgan fingerprint density at radius 2 is 1.80 bits per heavy atom. The van der Waals surface area contributed by atoms with Gasteiger partial charge < -0.3 is 10.3 Å². The monoisotopic (exact) mass is 283 g/mol. The lowest BCUT2D eigenvalue weighted by molar-refractivity contribution is 0.371. The molecule has 3 rings (SSSR count). The zero-order valence-electron chi connectivity index (χ0n) is 10.5. The summed E-state index contributed by atoms with van der Waals surface area (Å²) in [5.41, 5.74) is 5.19. The van der Waals surface area contributed by atoms with Crippen LogP contribution in [0, 0.1) is 17.5 Å². The Kier molecular flexibility index (Phi) is 3.01. The summed E-state index contributed by atoms with van der Waals surface area (Å²) in [5.74, 6) is -4.11. The summed E-state index contributed by atoms with van der Waals surface area (Å²) in [6.45, 7) is 0. The van der Waals surface area contributed by atoms with Crippen LogP contribution in [0.15, 0.2) is 16.7 Å². The maximum atomic E-state index is 13.7. The Bertz CT molecular complexity index is 650. The maximum Gasteiger partial charge on any atom is 0.261 e. The standard InChI is InChI=1S/C13H12F3N3O/c14-8-4-3-7(9(15)10(8)16)11-18-12(19-20-11)13(17)5-1-2-6-13/h3-4H,1-2,5-6,17H2. The molecule has 1 aromatic heterocycles. The van der Waals surface area contributed by atoms with Crippen LogP contribution in [0.5, 0.6) is 0 Å². The quantitative estimate of drug-likeness (QED) is 0.861. The maximum absolute atomic E-state index is 13.7. The molecule has 7 heteroatoms. The van der Waals surface area contributed by atoms with Crippen molar-refractivity contribution in [1.29, 1.82) is 0 Å². The number of aromatic nitrogens is 2. The van der Waals surface area contributed by atoms with Crippen LogP contribution in [0.25, 0.3) is 11.5 Å². The number of halogens is 3. The molecule has 0 aliphatic heterocycles. The van der Waals surface area contributed by atoms with E-state index in [0.717, 1.165) is 25.0 Å². The molecule has 0 atom stereocenters. The second-order valence-corrected chi connectivity index (χ2v) is 5.01. The zero-order valence-corrected chi connectivity index (χ0v) is 10.5. The van der Waals surface area contributed by atoms with E-state index in [2.05, 4.69) is 10.1 Å². The summed E-state index contributed by atoms with van der Waals surface area (Å²) in [6, 6.07) is 1.87. The van der Waals surface area contributed by atoms with E-state index >= 15 is 0 Å². The van der Waals surface area contributed by atoms with Crippen LogP contribution < -0.4 is 5.73 Å². The van der Waals surface area contributed by atoms with E-state index in [0.29, 0.717) is 12.8 Å². The third-order valence-corrected chi connectivity index (χ3v) is 3.63. The lowest BCUT2D eigenvalue weighted by atomic mass is 9.99. The molecule has 0 amide bonds. The van der Waals surface area contributed by atoms with Crippen LogP contribution >= 0.6 is 0 Å². The molecule has 0 saturated heterocycles. The average Bonchev–Trinajstić information content (AvgIpc) is 3.06. The number of hydrogen-bond donors (Lipinski definition) is 1. The molecule has 1 heterocycles. The Hall–Kier alpha value is -1.89. The summed E-state index contributed by atoms with van der Waals surface area (Å²) in [6.07, 6.45) is 3.35. The first-order valence-corrected chi connectivity index (χ1v) is 6.28. The molecule has 106 valence electrons. The van der Waals surface area contributed by atoms with E-state index in [-0.39, 0.29) is 17.3 Å². The van der Waals surface area contributed by atoms with Gasteiger partial charge in [0.1, 0.15) is 0 Å². The van der Waals surface area contributed by atoms with Gasteiger partial charge in [-0.1, -0.05) is 18.0 Å². The molecule has 4 nitrogen and oxygen atoms in total. The summed E-state index contributed by atoms with van der Waals surface area (Å²) in [7, 11) is 0. The van der Waals surface area contributed by atoms with Crippen molar-refractivity contribution in [3.63, 3.8) is 0 Å². The van der Waals surface area contributed by atoms with E-state index in [1.165, 1.54) is 0 Å². The first-order chi connectivity index (χ1) is 9.51. The molecule has 0 bridgehead atoms. The van der Waals surface area contributed by atoms with Gasteiger partial charge in [0, 0.05) is 0 Å². The fourth-order valence-corrected chi connectivity index (χ4v) is 2.46. The predicted octanol–water partition coefficient (Wildman–Crippen LogP) is 2.88. The highest BCUT2D eigenvalue weighted by atomic mass is 19.2. The Balaban J connectivity index is 2.00. The van der Waals surface area contributed by atoms with Gasteiger partial charge in [-0.2, -0.15) is 4.98 Å². The van der Waals surface area contributed by atoms with Gasteiger partial charge in [-0.25, -0.2) is 13.2 Å². The molecular weight excluding hydrogens is 271 g/mol. The highest BCUT2D eigenvalue weighted by Gasteiger charge is 2.36. The van der Waals surface area contributed by atoms with Crippen LogP contribution in [-0.4, -0.2) is 10.1 Å². The molecular formula is C13H12F3N3O. The number of hydrogen-bond acceptors (Lipinski definition) is 4. The van der Waals surface area contributed by atoms with E-state index in [1.807, 2.05) is 0 Å². The van der Waals surface area contributed by atoms with Gasteiger partial charge in [0.25, 0.3) is 5.89 Å². The number of nitrogens with two attached hydrogens (primary N) is 1. The Labute approximate surface area is 112 Å². The van der Waals surface area contributed by atoms with Gasteiger partial charge in [-0.15, -0.1) is 0 Å². The minimum absolute atomic E-state index is 0.201. The lowest BCUT2D eigenvalue weighted by Gasteiger charge is -2.17. The van der Waals surface area contributed by atoms with Crippen LogP contribution in [0.3, 0.4) is 0 Å². The molecule has 0 unspecified atom stereocenters. The Morgan fingerprint density at radius 1 is 1.10 bits per heavy atom. The van der Waals surface area contributed by atoms with Gasteiger partial charge >= 0.3 is 0 Å². The minimum atomic E-state index is -1.56. The summed E-state index contributed by atoms with van der Waals surface area (Å²) in [5, 5.41) is 3.75. The molecule has 2 aromatic rings. The summed E-state index contributed by atoms with van der Waals surface area (Å²) < 4.78 is 44.7. The van der Waals surface area contributed by atoms with Crippen LogP contribution in [-0.2, 0) is 5.54 Å². The van der Waals surface area contributed by atoms with E-state index in [4.69, 9.17) is 10.3 Å². The second-order valence-electron chi connectivity index (χ2n) is 5.01. The molecule has 1 aromatic carbocycles. The molecule has 1 aliphatic carbocycles. The summed E-state index contributed by atoms with van der Waals surface area (Å²) >= 11 is 0. The molecule has 0 radical (unpaired) electrons. The van der Waals surface area contributed by atoms with Crippen LogP contribution in [0.1, 0.15) is 31.5 Å². The largest absolute Gasteiger partial charge is 0.334 e. The van der Waals surface area contributed by atoms with Crippen molar-refractivity contribution in [3.8, 4) is 11.5 Å². The molecule has 1 fully saturated rings. The van der Waals surface area contributed by atoms with Crippen molar-refractivity contribution in [3.05, 3.63) is 35.4 Å². The van der Waals surface area contributed by atoms with Gasteiger partial charge in [-0.05, 0) is 25.0 Å². The van der Waals surface area contributed by atoms with E-state index in [1.54, 1.807) is 0 Å². The SMILES string of the molecule is NC1(c2noc(-c3ccc(F)c(F)c3F)n2)CCCC1. The fourth-order valence-electron chi connectivity index (χ4n) is 2.46. The van der Waals surface area contributed by atoms with Crippen molar-refractivity contribution < 1.29 is 17.7 Å². The van der Waals surface area contributed by atoms with Crippen molar-refractivity contribution in [2.45, 2.75) is 31.2 Å². The average molecular weight is 283 g/mol. The van der Waals surface area contributed by atoms with Crippen molar-refractivity contribution in [2.75, 3.05) is 0 Å². The van der Waals surface area contributed by atoms with Crippen LogP contribution in [0.4, 0.5) is 13.2 Å². The molecule has 2 N–H and O–H groups in total. The topological polar surface area (TPSA) is 64.9 Å². The normalized spacial score (nSPS) is 17.6. The lowest BCUT2D eigenvalue weighted by Crippen LogP contribution is -2.34. The number of benzene rings is 1. The first-order valence-electron chi connectivity index (χ1n) is 6.28. The van der Waals surface area contributed by atoms with Crippen molar-refractivity contribution in [1.82, 2.24) is 10.1 Å². The third kappa shape index (κ3) is 1.98. The predicted molar refractivity (Wildman–Crippen MR) is 63.9 cm³/mol. The molecule has 20 heavy (non-hydrogen) atoms. The van der Waals surface area contributed by atoms with Gasteiger partial charge in [0.2, 0.25) is 0 Å². The first kappa shape index (κ1) is 13.1.